The van der Waals surface area contributed by atoms with Gasteiger partial charge < -0.3 is 20.1 Å². The Morgan fingerprint density at radius 2 is 1.87 bits per heavy atom. The Balaban J connectivity index is 2.68. The smallest absolute Gasteiger partial charge is 0.174 e. The van der Waals surface area contributed by atoms with Crippen LogP contribution in [0.25, 0.3) is 0 Å². The maximum absolute atomic E-state index is 5.86. The van der Waals surface area contributed by atoms with Crippen LogP contribution in [-0.4, -0.2) is 34.1 Å². The molecule has 0 aliphatic carbocycles. The number of nitrogens with zero attached hydrogens (tertiary/aromatic N) is 1. The number of nitrogens with two attached hydrogens (primary N) is 1. The summed E-state index contributed by atoms with van der Waals surface area (Å²) in [5.41, 5.74) is 7.60. The topological polar surface area (TPSA) is 47.7 Å². The maximum atomic E-state index is 5.86. The Kier molecular flexibility index (Phi) is 4.39. The van der Waals surface area contributed by atoms with E-state index in [2.05, 4.69) is 0 Å². The van der Waals surface area contributed by atoms with Gasteiger partial charge in [0.25, 0.3) is 0 Å². The van der Waals surface area contributed by atoms with Crippen molar-refractivity contribution in [2.24, 2.45) is 0 Å². The molecule has 0 heterocycles. The average molecular weight is 210 g/mol. The van der Waals surface area contributed by atoms with Crippen LogP contribution in [0, 0.1) is 0 Å². The minimum atomic E-state index is -0.241. The van der Waals surface area contributed by atoms with Crippen LogP contribution in [-0.2, 0) is 9.47 Å². The van der Waals surface area contributed by atoms with E-state index in [1.165, 1.54) is 0 Å². The summed E-state index contributed by atoms with van der Waals surface area (Å²) in [4.78, 5) is 2.01. The predicted octanol–water partition coefficient (Wildman–Crippen LogP) is 1.32. The lowest BCUT2D eigenvalue weighted by Gasteiger charge is -2.24. The summed E-state index contributed by atoms with van der Waals surface area (Å²) in [5.74, 6) is 0. The monoisotopic (exact) mass is 210 g/mol. The first-order chi connectivity index (χ1) is 7.19. The SMILES string of the molecule is COC(CN(C)c1ccccc1N)OC. The van der Waals surface area contributed by atoms with Crippen molar-refractivity contribution in [3.8, 4) is 0 Å². The van der Waals surface area contributed by atoms with Crippen molar-refractivity contribution in [3.63, 3.8) is 0 Å². The Labute approximate surface area is 90.6 Å². The molecule has 0 unspecified atom stereocenters. The third kappa shape index (κ3) is 3.11. The summed E-state index contributed by atoms with van der Waals surface area (Å²) in [6.07, 6.45) is -0.241. The lowest BCUT2D eigenvalue weighted by atomic mass is 10.2. The molecule has 15 heavy (non-hydrogen) atoms. The van der Waals surface area contributed by atoms with Gasteiger partial charge in [-0.3, -0.25) is 0 Å². The highest BCUT2D eigenvalue weighted by Gasteiger charge is 2.11. The minimum absolute atomic E-state index is 0.241. The van der Waals surface area contributed by atoms with Gasteiger partial charge in [-0.25, -0.2) is 0 Å². The first-order valence-corrected chi connectivity index (χ1v) is 4.80. The van der Waals surface area contributed by atoms with Gasteiger partial charge in [-0.2, -0.15) is 0 Å². The molecule has 0 spiro atoms. The first kappa shape index (κ1) is 11.8. The molecule has 0 atom stereocenters. The van der Waals surface area contributed by atoms with Crippen molar-refractivity contribution in [3.05, 3.63) is 24.3 Å². The van der Waals surface area contributed by atoms with Crippen LogP contribution >= 0.6 is 0 Å². The molecular formula is C11H18N2O2. The van der Waals surface area contributed by atoms with Crippen LogP contribution in [0.3, 0.4) is 0 Å². The lowest BCUT2D eigenvalue weighted by molar-refractivity contribution is -0.0944. The molecule has 4 nitrogen and oxygen atoms in total. The third-order valence-corrected chi connectivity index (χ3v) is 2.30. The predicted molar refractivity (Wildman–Crippen MR) is 61.9 cm³/mol. The van der Waals surface area contributed by atoms with Crippen molar-refractivity contribution in [1.29, 1.82) is 0 Å². The maximum Gasteiger partial charge on any atom is 0.174 e. The summed E-state index contributed by atoms with van der Waals surface area (Å²) in [5, 5.41) is 0. The molecule has 4 heteroatoms. The Bertz CT molecular complexity index is 300. The fourth-order valence-corrected chi connectivity index (χ4v) is 1.40. The standard InChI is InChI=1S/C11H18N2O2/c1-13(8-11(14-2)15-3)10-7-5-4-6-9(10)12/h4-7,11H,8,12H2,1-3H3. The Hall–Kier alpha value is -1.26. The molecule has 1 rings (SSSR count). The molecule has 1 aromatic carbocycles. The largest absolute Gasteiger partial charge is 0.397 e. The highest BCUT2D eigenvalue weighted by molar-refractivity contribution is 5.66. The molecule has 2 N–H and O–H groups in total. The zero-order valence-corrected chi connectivity index (χ0v) is 9.43. The van der Waals surface area contributed by atoms with Gasteiger partial charge in [-0.05, 0) is 12.1 Å². The van der Waals surface area contributed by atoms with Crippen LogP contribution in [0.2, 0.25) is 0 Å². The Morgan fingerprint density at radius 3 is 2.40 bits per heavy atom. The van der Waals surface area contributed by atoms with Crippen LogP contribution in [0.1, 0.15) is 0 Å². The second-order valence-electron chi connectivity index (χ2n) is 3.34. The molecule has 0 aromatic heterocycles. The van der Waals surface area contributed by atoms with Gasteiger partial charge >= 0.3 is 0 Å². The van der Waals surface area contributed by atoms with Crippen molar-refractivity contribution >= 4 is 11.4 Å². The van der Waals surface area contributed by atoms with Gasteiger partial charge in [0.2, 0.25) is 0 Å². The molecule has 0 saturated heterocycles. The molecule has 0 fully saturated rings. The quantitative estimate of drug-likeness (QED) is 0.588. The molecule has 0 saturated carbocycles. The highest BCUT2D eigenvalue weighted by atomic mass is 16.7. The van der Waals surface area contributed by atoms with Gasteiger partial charge in [0.15, 0.2) is 6.29 Å². The molecule has 0 bridgehead atoms. The number of para-hydroxylation sites is 2. The number of hydrogen-bond acceptors (Lipinski definition) is 4. The number of nitrogen functional groups attached to an aromatic ring is 1. The van der Waals surface area contributed by atoms with E-state index in [4.69, 9.17) is 15.2 Å². The number of methoxy groups -OCH3 is 2. The summed E-state index contributed by atoms with van der Waals surface area (Å²) in [6, 6.07) is 7.71. The van der Waals surface area contributed by atoms with Gasteiger partial charge in [0, 0.05) is 21.3 Å². The van der Waals surface area contributed by atoms with Crippen LogP contribution in [0.4, 0.5) is 11.4 Å². The lowest BCUT2D eigenvalue weighted by Crippen LogP contribution is -2.31. The molecule has 1 aromatic rings. The van der Waals surface area contributed by atoms with E-state index in [1.54, 1.807) is 14.2 Å². The fourth-order valence-electron chi connectivity index (χ4n) is 1.40. The molecule has 0 aliphatic rings. The van der Waals surface area contributed by atoms with E-state index in [1.807, 2.05) is 36.2 Å². The number of likely N-dealkylation sites (N-methyl/N-ethyl adjacent to an activating group) is 1. The molecule has 0 aliphatic heterocycles. The van der Waals surface area contributed by atoms with E-state index >= 15 is 0 Å². The van der Waals surface area contributed by atoms with Gasteiger partial charge in [-0.15, -0.1) is 0 Å². The van der Waals surface area contributed by atoms with Crippen LogP contribution < -0.4 is 10.6 Å². The van der Waals surface area contributed by atoms with E-state index in [-0.39, 0.29) is 6.29 Å². The van der Waals surface area contributed by atoms with E-state index < -0.39 is 0 Å². The summed E-state index contributed by atoms with van der Waals surface area (Å²) < 4.78 is 10.3. The zero-order chi connectivity index (χ0) is 11.3. The van der Waals surface area contributed by atoms with Crippen molar-refractivity contribution in [2.45, 2.75) is 6.29 Å². The van der Waals surface area contributed by atoms with E-state index in [0.29, 0.717) is 6.54 Å². The number of anilines is 2. The number of hydrogen-bond donors (Lipinski definition) is 1. The van der Waals surface area contributed by atoms with Gasteiger partial charge in [0.05, 0.1) is 17.9 Å². The molecule has 0 amide bonds. The minimum Gasteiger partial charge on any atom is -0.397 e. The summed E-state index contributed by atoms with van der Waals surface area (Å²) >= 11 is 0. The molecule has 0 radical (unpaired) electrons. The number of benzene rings is 1. The van der Waals surface area contributed by atoms with Crippen LogP contribution in [0.15, 0.2) is 24.3 Å². The van der Waals surface area contributed by atoms with Crippen LogP contribution in [0.5, 0.6) is 0 Å². The third-order valence-electron chi connectivity index (χ3n) is 2.30. The number of rotatable bonds is 5. The fraction of sp³-hybridized carbons (Fsp3) is 0.455. The first-order valence-electron chi connectivity index (χ1n) is 4.80. The Morgan fingerprint density at radius 1 is 1.27 bits per heavy atom. The second-order valence-corrected chi connectivity index (χ2v) is 3.34. The van der Waals surface area contributed by atoms with Gasteiger partial charge in [-0.1, -0.05) is 12.1 Å². The summed E-state index contributed by atoms with van der Waals surface area (Å²) in [6.45, 7) is 0.640. The molecular weight excluding hydrogens is 192 g/mol. The van der Waals surface area contributed by atoms with E-state index in [9.17, 15) is 0 Å². The highest BCUT2D eigenvalue weighted by Crippen LogP contribution is 2.21. The summed E-state index contributed by atoms with van der Waals surface area (Å²) in [7, 11) is 5.20. The zero-order valence-electron chi connectivity index (χ0n) is 9.43. The van der Waals surface area contributed by atoms with Crippen molar-refractivity contribution < 1.29 is 9.47 Å². The van der Waals surface area contributed by atoms with E-state index in [0.717, 1.165) is 11.4 Å². The van der Waals surface area contributed by atoms with Crippen molar-refractivity contribution in [2.75, 3.05) is 38.4 Å². The number of ether oxygens (including phenoxy) is 2. The molecule has 84 valence electrons. The second kappa shape index (κ2) is 5.58. The normalized spacial score (nSPS) is 10.7. The van der Waals surface area contributed by atoms with Gasteiger partial charge in [0.1, 0.15) is 0 Å². The average Bonchev–Trinajstić information content (AvgIpc) is 2.26. The van der Waals surface area contributed by atoms with Crippen molar-refractivity contribution in [1.82, 2.24) is 0 Å².